The summed E-state index contributed by atoms with van der Waals surface area (Å²) in [5, 5.41) is 2.61. The second-order valence-electron chi connectivity index (χ2n) is 6.20. The predicted octanol–water partition coefficient (Wildman–Crippen LogP) is 2.48. The van der Waals surface area contributed by atoms with Crippen molar-refractivity contribution in [3.8, 4) is 5.75 Å². The maximum absolute atomic E-state index is 12.2. The second kappa shape index (κ2) is 9.52. The Balaban J connectivity index is 1.95. The number of carbonyl (C=O) groups excluding carboxylic acids is 3. The maximum atomic E-state index is 12.2. The van der Waals surface area contributed by atoms with Crippen molar-refractivity contribution in [2.75, 3.05) is 13.7 Å². The molecule has 0 saturated carbocycles. The molecule has 0 spiro atoms. The van der Waals surface area contributed by atoms with Crippen LogP contribution in [0.25, 0.3) is 0 Å². The second-order valence-corrected chi connectivity index (χ2v) is 6.20. The third kappa shape index (κ3) is 5.95. The Morgan fingerprint density at radius 1 is 1.07 bits per heavy atom. The van der Waals surface area contributed by atoms with Crippen molar-refractivity contribution in [2.45, 2.75) is 26.3 Å². The minimum absolute atomic E-state index is 0.168. The largest absolute Gasteiger partial charge is 0.496 e. The number of ether oxygens (including phenoxy) is 2. The number of hydrogen-bond donors (Lipinski definition) is 1. The van der Waals surface area contributed by atoms with Gasteiger partial charge in [0.25, 0.3) is 5.91 Å². The molecular weight excluding hydrogens is 346 g/mol. The Bertz CT molecular complexity index is 817. The van der Waals surface area contributed by atoms with Crippen LogP contribution in [0, 0.1) is 6.92 Å². The molecule has 2 aromatic rings. The number of Topliss-reactive ketones (excluding diaryl/α,β-unsaturated/α-hetero) is 1. The number of ketones is 1. The first kappa shape index (κ1) is 20.2. The average molecular weight is 369 g/mol. The van der Waals surface area contributed by atoms with Crippen molar-refractivity contribution in [3.63, 3.8) is 0 Å². The smallest absolute Gasteiger partial charge is 0.342 e. The van der Waals surface area contributed by atoms with Crippen LogP contribution in [0.4, 0.5) is 0 Å². The SMILES string of the molecule is COc1ccc(C)cc1C(=O)OCC(=O)N[C@@H](Cc1ccccc1)C(C)=O. The standard InChI is InChI=1S/C21H23NO5/c1-14-9-10-19(26-3)17(11-14)21(25)27-13-20(24)22-18(15(2)23)12-16-7-5-4-6-8-16/h4-11,18H,12-13H2,1-3H3,(H,22,24)/t18-/m0/s1. The fraction of sp³-hybridized carbons (Fsp3) is 0.286. The molecule has 0 bridgehead atoms. The van der Waals surface area contributed by atoms with Crippen LogP contribution in [0.2, 0.25) is 0 Å². The molecule has 1 amide bonds. The van der Waals surface area contributed by atoms with E-state index in [1.54, 1.807) is 12.1 Å². The zero-order valence-electron chi connectivity index (χ0n) is 15.7. The van der Waals surface area contributed by atoms with Crippen LogP contribution >= 0.6 is 0 Å². The van der Waals surface area contributed by atoms with Crippen molar-refractivity contribution in [1.82, 2.24) is 5.32 Å². The lowest BCUT2D eigenvalue weighted by molar-refractivity contribution is -0.128. The zero-order chi connectivity index (χ0) is 19.8. The highest BCUT2D eigenvalue weighted by atomic mass is 16.5. The lowest BCUT2D eigenvalue weighted by atomic mass is 10.0. The van der Waals surface area contributed by atoms with E-state index in [4.69, 9.17) is 9.47 Å². The van der Waals surface area contributed by atoms with E-state index in [1.165, 1.54) is 14.0 Å². The summed E-state index contributed by atoms with van der Waals surface area (Å²) in [4.78, 5) is 36.2. The quantitative estimate of drug-likeness (QED) is 0.723. The topological polar surface area (TPSA) is 81.7 Å². The number of benzene rings is 2. The third-order valence-corrected chi connectivity index (χ3v) is 4.02. The number of hydrogen-bond acceptors (Lipinski definition) is 5. The number of methoxy groups -OCH3 is 1. The van der Waals surface area contributed by atoms with Crippen molar-refractivity contribution >= 4 is 17.7 Å². The van der Waals surface area contributed by atoms with E-state index in [2.05, 4.69) is 5.32 Å². The summed E-state index contributed by atoms with van der Waals surface area (Å²) >= 11 is 0. The molecule has 27 heavy (non-hydrogen) atoms. The Morgan fingerprint density at radius 2 is 1.78 bits per heavy atom. The summed E-state index contributed by atoms with van der Waals surface area (Å²) in [6, 6.07) is 13.8. The lowest BCUT2D eigenvalue weighted by Crippen LogP contribution is -2.43. The molecule has 2 rings (SSSR count). The van der Waals surface area contributed by atoms with Gasteiger partial charge in [0, 0.05) is 0 Å². The van der Waals surface area contributed by atoms with E-state index in [9.17, 15) is 14.4 Å². The lowest BCUT2D eigenvalue weighted by Gasteiger charge is -2.16. The first-order valence-electron chi connectivity index (χ1n) is 8.56. The number of esters is 1. The molecule has 0 saturated heterocycles. The molecule has 0 aromatic heterocycles. The Kier molecular flexibility index (Phi) is 7.11. The summed E-state index contributed by atoms with van der Waals surface area (Å²) < 4.78 is 10.2. The van der Waals surface area contributed by atoms with E-state index >= 15 is 0 Å². The molecule has 0 fully saturated rings. The summed E-state index contributed by atoms with van der Waals surface area (Å²) in [5.41, 5.74) is 2.05. The Morgan fingerprint density at radius 3 is 2.41 bits per heavy atom. The number of nitrogens with one attached hydrogen (secondary N) is 1. The number of rotatable bonds is 8. The molecule has 0 aliphatic rings. The molecule has 0 heterocycles. The minimum Gasteiger partial charge on any atom is -0.496 e. The van der Waals surface area contributed by atoms with Crippen LogP contribution in [0.3, 0.4) is 0 Å². The van der Waals surface area contributed by atoms with Gasteiger partial charge in [0.1, 0.15) is 11.3 Å². The van der Waals surface area contributed by atoms with Gasteiger partial charge in [-0.2, -0.15) is 0 Å². The highest BCUT2D eigenvalue weighted by Gasteiger charge is 2.20. The van der Waals surface area contributed by atoms with Gasteiger partial charge in [-0.1, -0.05) is 42.0 Å². The van der Waals surface area contributed by atoms with Crippen molar-refractivity contribution in [1.29, 1.82) is 0 Å². The van der Waals surface area contributed by atoms with Crippen LogP contribution in [-0.4, -0.2) is 37.4 Å². The molecule has 6 nitrogen and oxygen atoms in total. The summed E-state index contributed by atoms with van der Waals surface area (Å²) in [6.07, 6.45) is 0.377. The minimum atomic E-state index is -0.674. The first-order valence-corrected chi connectivity index (χ1v) is 8.56. The van der Waals surface area contributed by atoms with E-state index in [0.717, 1.165) is 11.1 Å². The van der Waals surface area contributed by atoms with Gasteiger partial charge in [0.05, 0.1) is 13.2 Å². The average Bonchev–Trinajstić information content (AvgIpc) is 2.66. The van der Waals surface area contributed by atoms with Crippen LogP contribution in [-0.2, 0) is 20.7 Å². The van der Waals surface area contributed by atoms with Gasteiger partial charge < -0.3 is 14.8 Å². The molecule has 0 unspecified atom stereocenters. The van der Waals surface area contributed by atoms with E-state index < -0.39 is 24.5 Å². The predicted molar refractivity (Wildman–Crippen MR) is 101 cm³/mol. The van der Waals surface area contributed by atoms with Gasteiger partial charge >= 0.3 is 5.97 Å². The Hall–Kier alpha value is -3.15. The number of carbonyl (C=O) groups is 3. The molecule has 1 atom stereocenters. The normalized spacial score (nSPS) is 11.4. The van der Waals surface area contributed by atoms with Crippen LogP contribution < -0.4 is 10.1 Å². The summed E-state index contributed by atoms with van der Waals surface area (Å²) in [7, 11) is 1.45. The summed E-state index contributed by atoms with van der Waals surface area (Å²) in [5.74, 6) is -0.991. The molecule has 1 N–H and O–H groups in total. The summed E-state index contributed by atoms with van der Waals surface area (Å²) in [6.45, 7) is 2.77. The molecule has 0 radical (unpaired) electrons. The van der Waals surface area contributed by atoms with Crippen LogP contribution in [0.15, 0.2) is 48.5 Å². The van der Waals surface area contributed by atoms with Crippen LogP contribution in [0.5, 0.6) is 5.75 Å². The van der Waals surface area contributed by atoms with Crippen molar-refractivity contribution < 1.29 is 23.9 Å². The first-order chi connectivity index (χ1) is 12.9. The number of aryl methyl sites for hydroxylation is 1. The van der Waals surface area contributed by atoms with Gasteiger partial charge in [-0.05, 0) is 38.0 Å². The van der Waals surface area contributed by atoms with E-state index in [0.29, 0.717) is 12.2 Å². The highest BCUT2D eigenvalue weighted by molar-refractivity contribution is 5.95. The molecular formula is C21H23NO5. The van der Waals surface area contributed by atoms with Crippen molar-refractivity contribution in [3.05, 3.63) is 65.2 Å². The molecule has 0 aliphatic heterocycles. The van der Waals surface area contributed by atoms with Gasteiger partial charge in [-0.25, -0.2) is 4.79 Å². The monoisotopic (exact) mass is 369 g/mol. The number of amides is 1. The highest BCUT2D eigenvalue weighted by Crippen LogP contribution is 2.20. The third-order valence-electron chi connectivity index (χ3n) is 4.02. The molecule has 0 aliphatic carbocycles. The molecule has 142 valence electrons. The van der Waals surface area contributed by atoms with Gasteiger partial charge in [0.2, 0.25) is 0 Å². The van der Waals surface area contributed by atoms with Gasteiger partial charge in [0.15, 0.2) is 12.4 Å². The van der Waals surface area contributed by atoms with Crippen LogP contribution in [0.1, 0.15) is 28.4 Å². The van der Waals surface area contributed by atoms with Gasteiger partial charge in [-0.3, -0.25) is 9.59 Å². The molecule has 6 heteroatoms. The van der Waals surface area contributed by atoms with E-state index in [1.807, 2.05) is 43.3 Å². The fourth-order valence-electron chi connectivity index (χ4n) is 2.57. The fourth-order valence-corrected chi connectivity index (χ4v) is 2.57. The zero-order valence-corrected chi connectivity index (χ0v) is 15.7. The van der Waals surface area contributed by atoms with E-state index in [-0.39, 0.29) is 11.3 Å². The molecule has 2 aromatic carbocycles. The van der Waals surface area contributed by atoms with Crippen molar-refractivity contribution in [2.24, 2.45) is 0 Å². The Labute approximate surface area is 158 Å². The van der Waals surface area contributed by atoms with Gasteiger partial charge in [-0.15, -0.1) is 0 Å². The maximum Gasteiger partial charge on any atom is 0.342 e.